The van der Waals surface area contributed by atoms with Crippen LogP contribution in [0.4, 0.5) is 11.4 Å². The summed E-state index contributed by atoms with van der Waals surface area (Å²) in [6.45, 7) is 1.90. The summed E-state index contributed by atoms with van der Waals surface area (Å²) >= 11 is 0. The van der Waals surface area contributed by atoms with Crippen molar-refractivity contribution in [3.63, 3.8) is 0 Å². The molecule has 27 heavy (non-hydrogen) atoms. The van der Waals surface area contributed by atoms with Gasteiger partial charge < -0.3 is 10.1 Å². The molecular formula is C22H20N2O3. The normalized spacial score (nSPS) is 14.4. The van der Waals surface area contributed by atoms with Gasteiger partial charge in [-0.05, 0) is 30.0 Å². The molecule has 1 heterocycles. The van der Waals surface area contributed by atoms with Crippen LogP contribution in [0.5, 0.6) is 5.75 Å². The van der Waals surface area contributed by atoms with Crippen molar-refractivity contribution in [1.29, 1.82) is 0 Å². The van der Waals surface area contributed by atoms with Gasteiger partial charge >= 0.3 is 0 Å². The number of ether oxygens (including phenoxy) is 1. The summed E-state index contributed by atoms with van der Waals surface area (Å²) in [5, 5.41) is 4.82. The van der Waals surface area contributed by atoms with Crippen molar-refractivity contribution in [2.75, 3.05) is 16.8 Å². The van der Waals surface area contributed by atoms with E-state index < -0.39 is 6.10 Å². The monoisotopic (exact) mass is 360 g/mol. The van der Waals surface area contributed by atoms with Gasteiger partial charge in [0.2, 0.25) is 5.91 Å². The Kier molecular flexibility index (Phi) is 4.50. The van der Waals surface area contributed by atoms with Crippen molar-refractivity contribution in [1.82, 2.24) is 0 Å². The first-order valence-electron chi connectivity index (χ1n) is 9.02. The number of amides is 2. The topological polar surface area (TPSA) is 58.6 Å². The third-order valence-electron chi connectivity index (χ3n) is 4.70. The van der Waals surface area contributed by atoms with E-state index in [1.54, 1.807) is 6.07 Å². The lowest BCUT2D eigenvalue weighted by atomic mass is 10.1. The second kappa shape index (κ2) is 7.11. The lowest BCUT2D eigenvalue weighted by Gasteiger charge is -2.31. The Morgan fingerprint density at radius 1 is 1.07 bits per heavy atom. The van der Waals surface area contributed by atoms with E-state index in [0.717, 1.165) is 10.8 Å². The summed E-state index contributed by atoms with van der Waals surface area (Å²) in [6.07, 6.45) is -0.169. The Bertz CT molecular complexity index is 1010. The van der Waals surface area contributed by atoms with E-state index in [-0.39, 0.29) is 18.4 Å². The largest absolute Gasteiger partial charge is 0.480 e. The summed E-state index contributed by atoms with van der Waals surface area (Å²) in [5.74, 6) is 0.248. The number of hydrogen-bond donors (Lipinski definition) is 1. The Hall–Kier alpha value is -3.34. The molecule has 0 radical (unpaired) electrons. The van der Waals surface area contributed by atoms with Gasteiger partial charge in [0.05, 0.1) is 11.4 Å². The number of nitrogens with zero attached hydrogens (tertiary/aromatic N) is 1. The van der Waals surface area contributed by atoms with Gasteiger partial charge in [-0.25, -0.2) is 0 Å². The van der Waals surface area contributed by atoms with Gasteiger partial charge in [0.25, 0.3) is 5.91 Å². The zero-order valence-electron chi connectivity index (χ0n) is 15.0. The maximum atomic E-state index is 13.2. The number of nitrogens with one attached hydrogen (secondary N) is 1. The second-order valence-electron chi connectivity index (χ2n) is 6.48. The van der Waals surface area contributed by atoms with Crippen molar-refractivity contribution in [2.45, 2.75) is 19.4 Å². The minimum atomic E-state index is -0.672. The van der Waals surface area contributed by atoms with Crippen LogP contribution in [0, 0.1) is 0 Å². The molecule has 3 aromatic rings. The lowest BCUT2D eigenvalue weighted by molar-refractivity contribution is -0.127. The summed E-state index contributed by atoms with van der Waals surface area (Å²) < 4.78 is 6.12. The van der Waals surface area contributed by atoms with Crippen LogP contribution >= 0.6 is 0 Å². The standard InChI is InChI=1S/C22H20N2O3/c1-2-19(27-20-13-7-9-15-8-3-4-10-16(15)20)22(26)24-14-21(25)23-17-11-5-6-12-18(17)24/h3-13,19H,2,14H2,1H3,(H,23,25)/t19-/m1/s1. The van der Waals surface area contributed by atoms with Crippen molar-refractivity contribution < 1.29 is 14.3 Å². The number of carbonyl (C=O) groups is 2. The molecule has 1 aliphatic rings. The van der Waals surface area contributed by atoms with Crippen LogP contribution in [0.1, 0.15) is 13.3 Å². The van der Waals surface area contributed by atoms with Gasteiger partial charge in [-0.15, -0.1) is 0 Å². The minimum Gasteiger partial charge on any atom is -0.480 e. The van der Waals surface area contributed by atoms with Gasteiger partial charge in [-0.3, -0.25) is 14.5 Å². The van der Waals surface area contributed by atoms with E-state index in [1.807, 2.05) is 67.6 Å². The molecule has 5 nitrogen and oxygen atoms in total. The number of hydrogen-bond acceptors (Lipinski definition) is 3. The molecule has 0 aliphatic carbocycles. The zero-order chi connectivity index (χ0) is 18.8. The predicted molar refractivity (Wildman–Crippen MR) is 106 cm³/mol. The van der Waals surface area contributed by atoms with E-state index in [9.17, 15) is 9.59 Å². The van der Waals surface area contributed by atoms with Crippen molar-refractivity contribution in [3.05, 3.63) is 66.7 Å². The number of fused-ring (bicyclic) bond motifs is 2. The van der Waals surface area contributed by atoms with Gasteiger partial charge in [-0.2, -0.15) is 0 Å². The van der Waals surface area contributed by atoms with Crippen molar-refractivity contribution in [2.24, 2.45) is 0 Å². The van der Waals surface area contributed by atoms with Crippen LogP contribution < -0.4 is 15.0 Å². The number of anilines is 2. The minimum absolute atomic E-state index is 0.00869. The summed E-state index contributed by atoms with van der Waals surface area (Å²) in [5.41, 5.74) is 1.34. The molecule has 1 N–H and O–H groups in total. The van der Waals surface area contributed by atoms with Crippen LogP contribution in [0.25, 0.3) is 10.8 Å². The average molecular weight is 360 g/mol. The smallest absolute Gasteiger partial charge is 0.268 e. The number of carbonyl (C=O) groups excluding carboxylic acids is 2. The third-order valence-corrected chi connectivity index (χ3v) is 4.70. The fourth-order valence-electron chi connectivity index (χ4n) is 3.36. The van der Waals surface area contributed by atoms with Crippen molar-refractivity contribution in [3.8, 4) is 5.75 Å². The highest BCUT2D eigenvalue weighted by atomic mass is 16.5. The van der Waals surface area contributed by atoms with Crippen LogP contribution in [-0.4, -0.2) is 24.5 Å². The molecule has 4 rings (SSSR count). The Morgan fingerprint density at radius 2 is 1.81 bits per heavy atom. The molecule has 0 saturated carbocycles. The molecule has 5 heteroatoms. The van der Waals surface area contributed by atoms with Gasteiger partial charge in [0, 0.05) is 5.39 Å². The highest BCUT2D eigenvalue weighted by Crippen LogP contribution is 2.31. The first-order valence-corrected chi connectivity index (χ1v) is 9.02. The summed E-state index contributed by atoms with van der Waals surface area (Å²) in [4.78, 5) is 26.7. The maximum Gasteiger partial charge on any atom is 0.268 e. The van der Waals surface area contributed by atoms with Crippen LogP contribution in [-0.2, 0) is 9.59 Å². The third kappa shape index (κ3) is 3.24. The molecule has 136 valence electrons. The Labute approximate surface area is 157 Å². The summed E-state index contributed by atoms with van der Waals surface area (Å²) in [7, 11) is 0. The van der Waals surface area contributed by atoms with Crippen LogP contribution in [0.15, 0.2) is 66.7 Å². The van der Waals surface area contributed by atoms with Gasteiger partial charge in [-0.1, -0.05) is 55.5 Å². The molecule has 0 unspecified atom stereocenters. The molecule has 3 aromatic carbocycles. The van der Waals surface area contributed by atoms with Crippen LogP contribution in [0.3, 0.4) is 0 Å². The predicted octanol–water partition coefficient (Wildman–Crippen LogP) is 3.98. The first-order chi connectivity index (χ1) is 13.2. The Morgan fingerprint density at radius 3 is 2.67 bits per heavy atom. The average Bonchev–Trinajstić information content (AvgIpc) is 2.71. The van der Waals surface area contributed by atoms with E-state index in [4.69, 9.17) is 4.74 Å². The molecule has 0 spiro atoms. The SMILES string of the molecule is CC[C@@H](Oc1cccc2ccccc12)C(=O)N1CC(=O)Nc2ccccc21. The molecule has 0 fully saturated rings. The van der Waals surface area contributed by atoms with Crippen LogP contribution in [0.2, 0.25) is 0 Å². The summed E-state index contributed by atoms with van der Waals surface area (Å²) in [6, 6.07) is 21.0. The highest BCUT2D eigenvalue weighted by molar-refractivity contribution is 6.11. The lowest BCUT2D eigenvalue weighted by Crippen LogP contribution is -2.48. The van der Waals surface area contributed by atoms with Gasteiger partial charge in [0.1, 0.15) is 12.3 Å². The van der Waals surface area contributed by atoms with Crippen molar-refractivity contribution >= 4 is 34.0 Å². The molecule has 0 bridgehead atoms. The van der Waals surface area contributed by atoms with E-state index in [0.29, 0.717) is 23.5 Å². The van der Waals surface area contributed by atoms with Gasteiger partial charge in [0.15, 0.2) is 6.10 Å². The molecule has 1 aliphatic heterocycles. The quantitative estimate of drug-likeness (QED) is 0.765. The number of para-hydroxylation sites is 2. The second-order valence-corrected chi connectivity index (χ2v) is 6.48. The molecule has 0 saturated heterocycles. The highest BCUT2D eigenvalue weighted by Gasteiger charge is 2.32. The molecular weight excluding hydrogens is 340 g/mol. The molecule has 1 atom stereocenters. The molecule has 0 aromatic heterocycles. The Balaban J connectivity index is 1.65. The van der Waals surface area contributed by atoms with E-state index in [1.165, 1.54) is 4.90 Å². The van der Waals surface area contributed by atoms with E-state index >= 15 is 0 Å². The number of benzene rings is 3. The first kappa shape index (κ1) is 17.1. The van der Waals surface area contributed by atoms with E-state index in [2.05, 4.69) is 5.32 Å². The maximum absolute atomic E-state index is 13.2. The molecule has 2 amide bonds. The fraction of sp³-hybridized carbons (Fsp3) is 0.182. The fourth-order valence-corrected chi connectivity index (χ4v) is 3.36. The zero-order valence-corrected chi connectivity index (χ0v) is 15.0. The number of rotatable bonds is 4.